The minimum atomic E-state index is -0.255. The van der Waals surface area contributed by atoms with E-state index < -0.39 is 0 Å². The number of ether oxygens (including phenoxy) is 3. The molecule has 0 saturated carbocycles. The van der Waals surface area contributed by atoms with Gasteiger partial charge in [-0.25, -0.2) is 0 Å². The molecule has 7 heterocycles. The highest BCUT2D eigenvalue weighted by Crippen LogP contribution is 2.54. The van der Waals surface area contributed by atoms with Gasteiger partial charge in [-0.2, -0.15) is 9.97 Å². The Morgan fingerprint density at radius 1 is 0.414 bits per heavy atom. The maximum Gasteiger partial charge on any atom is 0.266 e. The number of aromatic nitrogens is 2. The molecular weight excluding hydrogens is 1080 g/mol. The van der Waals surface area contributed by atoms with Gasteiger partial charge in [0.1, 0.15) is 34.6 Å². The molecule has 0 spiro atoms. The van der Waals surface area contributed by atoms with Gasteiger partial charge >= 0.3 is 0 Å². The summed E-state index contributed by atoms with van der Waals surface area (Å²) in [4.78, 5) is 18.9. The number of thiophene rings is 1. The molecule has 0 bridgehead atoms. The van der Waals surface area contributed by atoms with Crippen molar-refractivity contribution in [2.24, 2.45) is 0 Å². The molecule has 6 aliphatic rings. The number of pyridine rings is 2. The van der Waals surface area contributed by atoms with Crippen LogP contribution in [0.25, 0.3) is 10.1 Å². The van der Waals surface area contributed by atoms with Crippen LogP contribution in [0.2, 0.25) is 0 Å². The molecule has 3 aromatic heterocycles. The third-order valence-electron chi connectivity index (χ3n) is 20.2. The molecule has 0 N–H and O–H groups in total. The second-order valence-corrected chi connectivity index (χ2v) is 28.5. The first-order valence-electron chi connectivity index (χ1n) is 30.9. The number of nitrogens with zero attached hydrogens (tertiary/aromatic N) is 5. The van der Waals surface area contributed by atoms with E-state index in [0.717, 1.165) is 105 Å². The molecule has 8 nitrogen and oxygen atoms in total. The van der Waals surface area contributed by atoms with Crippen LogP contribution >= 0.6 is 11.3 Å². The number of hydrogen-bond acceptors (Lipinski definition) is 9. The lowest BCUT2D eigenvalue weighted by Crippen LogP contribution is -2.64. The molecule has 0 saturated heterocycles. The first-order chi connectivity index (χ1) is 42.1. The smallest absolute Gasteiger partial charge is 0.266 e. The van der Waals surface area contributed by atoms with Crippen molar-refractivity contribution < 1.29 is 14.2 Å². The zero-order valence-electron chi connectivity index (χ0n) is 50.4. The Morgan fingerprint density at radius 3 is 1.53 bits per heavy atom. The van der Waals surface area contributed by atoms with E-state index in [1.54, 1.807) is 0 Å². The van der Waals surface area contributed by atoms with E-state index in [2.05, 4.69) is 204 Å². The first kappa shape index (κ1) is 52.3. The summed E-state index contributed by atoms with van der Waals surface area (Å²) in [6, 6.07) is 72.2. The number of para-hydroxylation sites is 4. The summed E-state index contributed by atoms with van der Waals surface area (Å²) in [5, 5.41) is 1.21. The van der Waals surface area contributed by atoms with Crippen molar-refractivity contribution >= 4 is 118 Å². The fraction of sp³-hybridized carbons (Fsp3) is 0.211. The van der Waals surface area contributed by atoms with Crippen LogP contribution in [0.4, 0.5) is 51.4 Å². The maximum absolute atomic E-state index is 7.14. The molecule has 2 aliphatic carbocycles. The Kier molecular flexibility index (Phi) is 11.3. The van der Waals surface area contributed by atoms with Gasteiger partial charge in [-0.1, -0.05) is 165 Å². The summed E-state index contributed by atoms with van der Waals surface area (Å²) in [5.74, 6) is 5.56. The highest BCUT2D eigenvalue weighted by atomic mass is 32.1. The second kappa shape index (κ2) is 18.7. The average Bonchev–Trinajstić information content (AvgIpc) is 1.62. The van der Waals surface area contributed by atoms with E-state index in [-0.39, 0.29) is 35.1 Å². The van der Waals surface area contributed by atoms with Crippen LogP contribution in [0, 0.1) is 0 Å². The highest BCUT2D eigenvalue weighted by Gasteiger charge is 2.51. The number of anilines is 9. The summed E-state index contributed by atoms with van der Waals surface area (Å²) in [6.45, 7) is 18.8. The predicted molar refractivity (Wildman–Crippen MR) is 361 cm³/mol. The molecule has 0 amide bonds. The van der Waals surface area contributed by atoms with Gasteiger partial charge in [0, 0.05) is 60.9 Å². The molecular formula is C76H65B2N5O3S. The zero-order valence-corrected chi connectivity index (χ0v) is 51.2. The summed E-state index contributed by atoms with van der Waals surface area (Å²) < 4.78 is 23.5. The number of benzene rings is 8. The summed E-state index contributed by atoms with van der Waals surface area (Å²) in [7, 11) is 0. The molecule has 424 valence electrons. The quantitative estimate of drug-likeness (QED) is 0.146. The van der Waals surface area contributed by atoms with Gasteiger partial charge in [-0.05, 0) is 170 Å². The van der Waals surface area contributed by atoms with Gasteiger partial charge in [-0.3, -0.25) is 9.80 Å². The molecule has 0 fully saturated rings. The largest absolute Gasteiger partial charge is 0.458 e. The van der Waals surface area contributed by atoms with Gasteiger partial charge in [0.05, 0.1) is 11.4 Å². The Balaban J connectivity index is 1.01. The van der Waals surface area contributed by atoms with Gasteiger partial charge in [0.15, 0.2) is 0 Å². The van der Waals surface area contributed by atoms with Crippen molar-refractivity contribution in [3.63, 3.8) is 0 Å². The SMILES string of the molecule is CC1(C)CCC(C)(C)c2cc(N3c4cc5c(cc4B4c6ccccc6Oc6cc(Oc7ccccc7)nc3c64)B3c4sc6ccccc6c4N(c4ccccc4)c4cc(Oc6ccccc6)nc(c43)N5c3ccc4c(c3)C(C)(C)CCC4(C)C)ccc21. The van der Waals surface area contributed by atoms with Crippen molar-refractivity contribution in [1.29, 1.82) is 0 Å². The van der Waals surface area contributed by atoms with Gasteiger partial charge < -0.3 is 19.1 Å². The summed E-state index contributed by atoms with van der Waals surface area (Å²) >= 11 is 1.90. The normalized spacial score (nSPS) is 17.1. The molecule has 4 aliphatic heterocycles. The van der Waals surface area contributed by atoms with Gasteiger partial charge in [-0.15, -0.1) is 11.3 Å². The van der Waals surface area contributed by atoms with E-state index in [1.165, 1.54) is 53.7 Å². The molecule has 0 unspecified atom stereocenters. The minimum absolute atomic E-state index is 0.00343. The van der Waals surface area contributed by atoms with Crippen LogP contribution in [-0.2, 0) is 21.7 Å². The van der Waals surface area contributed by atoms with Crippen LogP contribution in [0.1, 0.15) is 103 Å². The predicted octanol–water partition coefficient (Wildman–Crippen LogP) is 16.5. The lowest BCUT2D eigenvalue weighted by atomic mass is 9.32. The van der Waals surface area contributed by atoms with Crippen molar-refractivity contribution in [3.05, 3.63) is 222 Å². The van der Waals surface area contributed by atoms with E-state index in [0.29, 0.717) is 17.5 Å². The van der Waals surface area contributed by atoms with Crippen molar-refractivity contribution in [1.82, 2.24) is 9.97 Å². The Labute approximate surface area is 514 Å². The summed E-state index contributed by atoms with van der Waals surface area (Å²) in [5.41, 5.74) is 18.5. The molecule has 17 rings (SSSR count). The monoisotopic (exact) mass is 1150 g/mol. The van der Waals surface area contributed by atoms with Crippen LogP contribution in [0.15, 0.2) is 200 Å². The maximum atomic E-state index is 7.14. The Bertz CT molecular complexity index is 4680. The van der Waals surface area contributed by atoms with E-state index in [9.17, 15) is 0 Å². The van der Waals surface area contributed by atoms with Crippen LogP contribution in [0.5, 0.6) is 34.8 Å². The van der Waals surface area contributed by atoms with Gasteiger partial charge in [0.25, 0.3) is 13.4 Å². The summed E-state index contributed by atoms with van der Waals surface area (Å²) in [6.07, 6.45) is 4.40. The van der Waals surface area contributed by atoms with Crippen molar-refractivity contribution in [3.8, 4) is 34.8 Å². The third-order valence-corrected chi connectivity index (χ3v) is 21.4. The number of fused-ring (bicyclic) bond motifs is 12. The fourth-order valence-electron chi connectivity index (χ4n) is 15.4. The van der Waals surface area contributed by atoms with Crippen LogP contribution < -0.4 is 61.0 Å². The second-order valence-electron chi connectivity index (χ2n) is 27.4. The average molecular weight is 1150 g/mol. The molecule has 0 atom stereocenters. The molecule has 8 aromatic carbocycles. The van der Waals surface area contributed by atoms with Crippen molar-refractivity contribution in [2.45, 2.75) is 103 Å². The topological polar surface area (TPSA) is 63.2 Å². The first-order valence-corrected chi connectivity index (χ1v) is 31.7. The van der Waals surface area contributed by atoms with E-state index in [1.807, 2.05) is 78.1 Å². The third kappa shape index (κ3) is 7.97. The lowest BCUT2D eigenvalue weighted by Gasteiger charge is -2.46. The minimum Gasteiger partial charge on any atom is -0.458 e. The molecule has 87 heavy (non-hydrogen) atoms. The Morgan fingerprint density at radius 2 is 0.920 bits per heavy atom. The van der Waals surface area contributed by atoms with Crippen LogP contribution in [0.3, 0.4) is 0 Å². The zero-order chi connectivity index (χ0) is 58.9. The van der Waals surface area contributed by atoms with E-state index in [4.69, 9.17) is 24.2 Å². The van der Waals surface area contributed by atoms with E-state index >= 15 is 0 Å². The van der Waals surface area contributed by atoms with Crippen LogP contribution in [-0.4, -0.2) is 23.4 Å². The lowest BCUT2D eigenvalue weighted by molar-refractivity contribution is 0.332. The standard InChI is InChI=1S/C76H65B2N5O3S/c1-73(2)36-38-75(5,6)54-40-47(32-34-52(54)73)82-60-43-59-57(42-58(60)78-67-61(44-65(79-71(67)82)84-49-24-14-10-15-25-49)81(46-22-12-9-13-23-46)69-51-28-18-21-31-64(51)87-70(69)78)77-56-29-19-20-30-62(56)86-63-45-66(85-50-26-16-11-17-27-50)80-72(68(63)77)83(59)48-33-35-53-55(41-48)76(7,8)39-37-74(53,3)4/h9-35,40-45H,36-39H2,1-8H3. The Hall–Kier alpha value is -9.05. The molecule has 11 heteroatoms. The molecule has 11 aromatic rings. The number of hydrogen-bond donors (Lipinski definition) is 0. The molecule has 0 radical (unpaired) electrons. The fourth-order valence-corrected chi connectivity index (χ4v) is 16.7. The number of rotatable bonds is 7. The highest BCUT2D eigenvalue weighted by molar-refractivity contribution is 7.33. The van der Waals surface area contributed by atoms with Crippen molar-refractivity contribution in [2.75, 3.05) is 14.7 Å². The van der Waals surface area contributed by atoms with Gasteiger partial charge in [0.2, 0.25) is 11.8 Å².